The summed E-state index contributed by atoms with van der Waals surface area (Å²) in [5, 5.41) is 0. The van der Waals surface area contributed by atoms with E-state index in [0.717, 1.165) is 11.3 Å². The van der Waals surface area contributed by atoms with Crippen LogP contribution in [0.3, 0.4) is 0 Å². The van der Waals surface area contributed by atoms with E-state index < -0.39 is 0 Å². The molecule has 0 saturated carbocycles. The molecule has 1 heterocycles. The molecule has 84 valence electrons. The van der Waals surface area contributed by atoms with Crippen LogP contribution < -0.4 is 0 Å². The molecule has 1 atom stereocenters. The minimum atomic E-state index is -0.300. The third-order valence-corrected chi connectivity index (χ3v) is 3.13. The number of ether oxygens (including phenoxy) is 1. The van der Waals surface area contributed by atoms with E-state index in [1.54, 1.807) is 17.8 Å². The predicted octanol–water partition coefficient (Wildman–Crippen LogP) is 2.36. The molecular formula is C12H13NO2S. The van der Waals surface area contributed by atoms with E-state index in [9.17, 15) is 4.79 Å². The number of hydrogen-bond donors (Lipinski definition) is 0. The first-order valence-electron chi connectivity index (χ1n) is 5.10. The highest BCUT2D eigenvalue weighted by Gasteiger charge is 2.27. The van der Waals surface area contributed by atoms with Gasteiger partial charge in [0.25, 0.3) is 0 Å². The van der Waals surface area contributed by atoms with Crippen LogP contribution >= 0.6 is 11.8 Å². The Balaban J connectivity index is 2.30. The van der Waals surface area contributed by atoms with Crippen molar-refractivity contribution in [2.24, 2.45) is 4.99 Å². The predicted molar refractivity (Wildman–Crippen MR) is 66.2 cm³/mol. The molecule has 0 amide bonds. The Kier molecular flexibility index (Phi) is 3.29. The molecule has 0 N–H and O–H groups in total. The second-order valence-corrected chi connectivity index (χ2v) is 4.58. The number of carbonyl (C=O) groups excluding carboxylic acids is 1. The molecule has 0 bridgehead atoms. The van der Waals surface area contributed by atoms with Gasteiger partial charge in [0.05, 0.1) is 17.2 Å². The molecule has 0 saturated heterocycles. The summed E-state index contributed by atoms with van der Waals surface area (Å²) in [5.41, 5.74) is 1.41. The van der Waals surface area contributed by atoms with Crippen molar-refractivity contribution in [2.75, 3.05) is 12.0 Å². The van der Waals surface area contributed by atoms with Crippen molar-refractivity contribution in [3.8, 4) is 0 Å². The number of fused-ring (bicyclic) bond motifs is 1. The van der Waals surface area contributed by atoms with Crippen molar-refractivity contribution < 1.29 is 9.53 Å². The van der Waals surface area contributed by atoms with Crippen LogP contribution in [-0.2, 0) is 4.74 Å². The first kappa shape index (κ1) is 11.2. The van der Waals surface area contributed by atoms with E-state index in [1.165, 1.54) is 0 Å². The van der Waals surface area contributed by atoms with Crippen LogP contribution in [0.4, 0.5) is 0 Å². The summed E-state index contributed by atoms with van der Waals surface area (Å²) in [7, 11) is 0. The van der Waals surface area contributed by atoms with Gasteiger partial charge in [0, 0.05) is 5.75 Å². The molecule has 1 aliphatic heterocycles. The van der Waals surface area contributed by atoms with Gasteiger partial charge in [-0.25, -0.2) is 9.79 Å². The molecule has 1 aromatic carbocycles. The van der Waals surface area contributed by atoms with Crippen molar-refractivity contribution in [3.63, 3.8) is 0 Å². The van der Waals surface area contributed by atoms with Gasteiger partial charge >= 0.3 is 5.97 Å². The SMILES string of the molecule is CSCC(C)/N=C1\OC(=O)c2ccccc21. The third-order valence-electron chi connectivity index (χ3n) is 2.31. The number of thioether (sulfide) groups is 1. The Morgan fingerprint density at radius 2 is 2.06 bits per heavy atom. The highest BCUT2D eigenvalue weighted by molar-refractivity contribution is 7.98. The number of carbonyl (C=O) groups is 1. The molecule has 0 spiro atoms. The topological polar surface area (TPSA) is 38.7 Å². The number of esters is 1. The number of cyclic esters (lactones) is 1. The Hall–Kier alpha value is -1.29. The second-order valence-electron chi connectivity index (χ2n) is 3.67. The molecule has 2 rings (SSSR count). The van der Waals surface area contributed by atoms with Crippen LogP contribution in [-0.4, -0.2) is 29.9 Å². The van der Waals surface area contributed by atoms with Crippen LogP contribution in [0.5, 0.6) is 0 Å². The molecule has 1 aliphatic rings. The van der Waals surface area contributed by atoms with E-state index in [2.05, 4.69) is 4.99 Å². The molecule has 0 radical (unpaired) electrons. The van der Waals surface area contributed by atoms with Crippen LogP contribution in [0.1, 0.15) is 22.8 Å². The van der Waals surface area contributed by atoms with Crippen molar-refractivity contribution in [2.45, 2.75) is 13.0 Å². The fourth-order valence-electron chi connectivity index (χ4n) is 1.62. The van der Waals surface area contributed by atoms with Crippen molar-refractivity contribution in [3.05, 3.63) is 35.4 Å². The first-order valence-corrected chi connectivity index (χ1v) is 6.50. The largest absolute Gasteiger partial charge is 0.404 e. The summed E-state index contributed by atoms with van der Waals surface area (Å²) in [6.07, 6.45) is 2.03. The maximum atomic E-state index is 11.5. The van der Waals surface area contributed by atoms with Crippen LogP contribution in [0.2, 0.25) is 0 Å². The fraction of sp³-hybridized carbons (Fsp3) is 0.333. The monoisotopic (exact) mass is 235 g/mol. The van der Waals surface area contributed by atoms with E-state index in [-0.39, 0.29) is 12.0 Å². The smallest absolute Gasteiger partial charge is 0.345 e. The number of rotatable bonds is 3. The molecule has 0 aromatic heterocycles. The van der Waals surface area contributed by atoms with Gasteiger partial charge in [-0.15, -0.1) is 0 Å². The number of aliphatic imine (C=N–C) groups is 1. The lowest BCUT2D eigenvalue weighted by molar-refractivity contribution is 0.0736. The maximum absolute atomic E-state index is 11.5. The highest BCUT2D eigenvalue weighted by Crippen LogP contribution is 2.20. The Bertz CT molecular complexity index is 442. The summed E-state index contributed by atoms with van der Waals surface area (Å²) < 4.78 is 5.15. The van der Waals surface area contributed by atoms with Gasteiger partial charge in [-0.05, 0) is 25.3 Å². The van der Waals surface area contributed by atoms with Crippen LogP contribution in [0, 0.1) is 0 Å². The lowest BCUT2D eigenvalue weighted by Crippen LogP contribution is -2.09. The summed E-state index contributed by atoms with van der Waals surface area (Å²) in [6, 6.07) is 7.50. The van der Waals surface area contributed by atoms with Gasteiger partial charge in [0.1, 0.15) is 0 Å². The zero-order valence-electron chi connectivity index (χ0n) is 9.27. The van der Waals surface area contributed by atoms with Crippen molar-refractivity contribution in [1.82, 2.24) is 0 Å². The molecule has 0 fully saturated rings. The summed E-state index contributed by atoms with van der Waals surface area (Å²) >= 11 is 1.73. The van der Waals surface area contributed by atoms with Gasteiger partial charge in [-0.3, -0.25) is 0 Å². The maximum Gasteiger partial charge on any atom is 0.345 e. The third kappa shape index (κ3) is 2.11. The van der Waals surface area contributed by atoms with Crippen LogP contribution in [0.25, 0.3) is 0 Å². The summed E-state index contributed by atoms with van der Waals surface area (Å²) in [5.74, 6) is 1.08. The molecule has 0 aliphatic carbocycles. The average Bonchev–Trinajstić information content (AvgIpc) is 2.57. The van der Waals surface area contributed by atoms with Gasteiger partial charge in [0.2, 0.25) is 5.90 Å². The standard InChI is InChI=1S/C12H13NO2S/c1-8(7-16-2)13-11-9-5-3-4-6-10(9)12(14)15-11/h3-6,8H,7H2,1-2H3/b13-11-. The molecular weight excluding hydrogens is 222 g/mol. The van der Waals surface area contributed by atoms with Gasteiger partial charge in [0.15, 0.2) is 0 Å². The number of benzene rings is 1. The zero-order valence-corrected chi connectivity index (χ0v) is 10.1. The first-order chi connectivity index (χ1) is 7.72. The lowest BCUT2D eigenvalue weighted by atomic mass is 10.1. The normalized spacial score (nSPS) is 18.4. The van der Waals surface area contributed by atoms with Crippen LogP contribution in [0.15, 0.2) is 29.3 Å². The van der Waals surface area contributed by atoms with Crippen molar-refractivity contribution in [1.29, 1.82) is 0 Å². The Morgan fingerprint density at radius 3 is 2.75 bits per heavy atom. The van der Waals surface area contributed by atoms with E-state index >= 15 is 0 Å². The quantitative estimate of drug-likeness (QED) is 0.755. The molecule has 16 heavy (non-hydrogen) atoms. The zero-order chi connectivity index (χ0) is 11.5. The average molecular weight is 235 g/mol. The molecule has 1 unspecified atom stereocenters. The fourth-order valence-corrected chi connectivity index (χ4v) is 2.18. The highest BCUT2D eigenvalue weighted by atomic mass is 32.2. The summed E-state index contributed by atoms with van der Waals surface area (Å²) in [4.78, 5) is 15.9. The van der Waals surface area contributed by atoms with Gasteiger partial charge in [-0.2, -0.15) is 11.8 Å². The van der Waals surface area contributed by atoms with E-state index in [1.807, 2.05) is 31.4 Å². The van der Waals surface area contributed by atoms with Crippen molar-refractivity contribution >= 4 is 23.6 Å². The van der Waals surface area contributed by atoms with Gasteiger partial charge in [-0.1, -0.05) is 12.1 Å². The summed E-state index contributed by atoms with van der Waals surface area (Å²) in [6.45, 7) is 2.01. The minimum absolute atomic E-state index is 0.156. The second kappa shape index (κ2) is 4.70. The Labute approximate surface area is 98.9 Å². The number of nitrogens with zero attached hydrogens (tertiary/aromatic N) is 1. The van der Waals surface area contributed by atoms with Gasteiger partial charge < -0.3 is 4.74 Å². The van der Waals surface area contributed by atoms with E-state index in [4.69, 9.17) is 4.74 Å². The Morgan fingerprint density at radius 1 is 1.38 bits per heavy atom. The molecule has 4 heteroatoms. The molecule has 3 nitrogen and oxygen atoms in total. The number of hydrogen-bond acceptors (Lipinski definition) is 4. The van der Waals surface area contributed by atoms with E-state index in [0.29, 0.717) is 11.5 Å². The molecule has 1 aromatic rings. The minimum Gasteiger partial charge on any atom is -0.404 e. The lowest BCUT2D eigenvalue weighted by Gasteiger charge is -2.04.